The molecule has 0 aliphatic carbocycles. The smallest absolute Gasteiger partial charge is 0.306 e. The van der Waals surface area contributed by atoms with Gasteiger partial charge < -0.3 is 14.2 Å². The van der Waals surface area contributed by atoms with Crippen molar-refractivity contribution in [2.75, 3.05) is 13.2 Å². The predicted octanol–water partition coefficient (Wildman–Crippen LogP) is 23.7. The maximum absolute atomic E-state index is 12.9. The van der Waals surface area contributed by atoms with Crippen LogP contribution in [0.3, 0.4) is 0 Å². The van der Waals surface area contributed by atoms with Gasteiger partial charge in [0.25, 0.3) is 0 Å². The van der Waals surface area contributed by atoms with Crippen molar-refractivity contribution in [3.05, 3.63) is 134 Å². The van der Waals surface area contributed by atoms with Crippen LogP contribution in [-0.2, 0) is 28.6 Å². The Bertz CT molecular complexity index is 1730. The maximum Gasteiger partial charge on any atom is 0.306 e. The van der Waals surface area contributed by atoms with Gasteiger partial charge in [0.2, 0.25) is 0 Å². The van der Waals surface area contributed by atoms with Gasteiger partial charge in [0.15, 0.2) is 6.10 Å². The molecule has 0 N–H and O–H groups in total. The van der Waals surface area contributed by atoms with Gasteiger partial charge in [0.05, 0.1) is 0 Å². The summed E-state index contributed by atoms with van der Waals surface area (Å²) in [5.74, 6) is -0.896. The van der Waals surface area contributed by atoms with Crippen molar-refractivity contribution < 1.29 is 28.6 Å². The Hall–Kier alpha value is -4.45. The second-order valence-electron chi connectivity index (χ2n) is 22.3. The normalized spacial score (nSPS) is 13.0. The summed E-state index contributed by atoms with van der Waals surface area (Å²) in [4.78, 5) is 38.4. The third-order valence-corrected chi connectivity index (χ3v) is 14.4. The molecule has 0 bridgehead atoms. The predicted molar refractivity (Wildman–Crippen MR) is 357 cm³/mol. The summed E-state index contributed by atoms with van der Waals surface area (Å²) in [6, 6.07) is 0. The van der Waals surface area contributed by atoms with E-state index in [1.165, 1.54) is 128 Å². The van der Waals surface area contributed by atoms with Gasteiger partial charge in [-0.05, 0) is 116 Å². The Labute approximate surface area is 506 Å². The summed E-state index contributed by atoms with van der Waals surface area (Å²) in [5, 5.41) is 0. The van der Waals surface area contributed by atoms with E-state index in [0.717, 1.165) is 141 Å². The molecule has 0 aromatic carbocycles. The van der Waals surface area contributed by atoms with Gasteiger partial charge in [-0.25, -0.2) is 0 Å². The minimum atomic E-state index is -0.791. The van der Waals surface area contributed by atoms with Crippen molar-refractivity contribution in [1.29, 1.82) is 0 Å². The van der Waals surface area contributed by atoms with Crippen LogP contribution in [-0.4, -0.2) is 37.2 Å². The number of allylic oxidation sites excluding steroid dienone is 22. The second kappa shape index (κ2) is 69.0. The second-order valence-corrected chi connectivity index (χ2v) is 22.3. The van der Waals surface area contributed by atoms with Crippen LogP contribution < -0.4 is 0 Å². The Morgan fingerprint density at radius 1 is 0.256 bits per heavy atom. The fourth-order valence-corrected chi connectivity index (χ4v) is 9.36. The van der Waals surface area contributed by atoms with Crippen LogP contribution >= 0.6 is 0 Å². The molecule has 0 aromatic rings. The standard InChI is InChI=1S/C76H126O6/c1-4-7-10-13-16-19-22-25-27-29-31-33-35-37-38-40-41-43-45-47-49-51-54-57-60-63-66-69-75(78)81-72-73(71-80-74(77)68-65-62-59-56-53-24-21-18-15-12-9-6-3)82-76(79)70-67-64-61-58-55-52-50-48-46-44-42-39-36-34-32-30-28-26-23-20-17-14-11-8-5-2/h7-8,10-11,16-17,19-20,25-28,31-34,37-39,42,46,48,73H,4-6,9,12-15,18,21-24,29-30,35-36,40-41,43-45,47,49-72H2,1-3H3/b10-7-,11-8-,19-16-,20-17-,27-25-,28-26-,33-31-,34-32-,38-37-,42-39-,48-46-. The monoisotopic (exact) mass is 1130 g/mol. The molecular weight excluding hydrogens is 1010 g/mol. The minimum Gasteiger partial charge on any atom is -0.462 e. The van der Waals surface area contributed by atoms with Crippen LogP contribution in [0.25, 0.3) is 0 Å². The van der Waals surface area contributed by atoms with E-state index in [1.807, 2.05) is 0 Å². The molecule has 6 nitrogen and oxygen atoms in total. The molecule has 0 saturated heterocycles. The first-order chi connectivity index (χ1) is 40.5. The Balaban J connectivity index is 4.34. The summed E-state index contributed by atoms with van der Waals surface area (Å²) in [6.45, 7) is 6.42. The summed E-state index contributed by atoms with van der Waals surface area (Å²) in [5.41, 5.74) is 0. The van der Waals surface area contributed by atoms with Gasteiger partial charge in [0.1, 0.15) is 13.2 Å². The lowest BCUT2D eigenvalue weighted by atomic mass is 10.0. The fraction of sp³-hybridized carbons (Fsp3) is 0.671. The largest absolute Gasteiger partial charge is 0.462 e. The van der Waals surface area contributed by atoms with Gasteiger partial charge in [-0.3, -0.25) is 14.4 Å². The molecule has 0 spiro atoms. The Kier molecular flexibility index (Phi) is 65.3. The molecule has 0 aromatic heterocycles. The molecular formula is C76H126O6. The average molecular weight is 1140 g/mol. The molecule has 0 amide bonds. The van der Waals surface area contributed by atoms with E-state index in [1.54, 1.807) is 0 Å². The van der Waals surface area contributed by atoms with Crippen LogP contribution in [0.4, 0.5) is 0 Å². The average Bonchev–Trinajstić information content (AvgIpc) is 3.47. The van der Waals surface area contributed by atoms with E-state index >= 15 is 0 Å². The number of rotatable bonds is 61. The third kappa shape index (κ3) is 66.4. The molecule has 1 atom stereocenters. The van der Waals surface area contributed by atoms with Crippen LogP contribution in [0.2, 0.25) is 0 Å². The zero-order valence-corrected chi connectivity index (χ0v) is 53.5. The number of carbonyl (C=O) groups is 3. The number of esters is 3. The lowest BCUT2D eigenvalue weighted by Gasteiger charge is -2.18. The molecule has 0 radical (unpaired) electrons. The molecule has 0 saturated carbocycles. The Morgan fingerprint density at radius 2 is 0.476 bits per heavy atom. The van der Waals surface area contributed by atoms with Crippen LogP contribution in [0.5, 0.6) is 0 Å². The zero-order valence-electron chi connectivity index (χ0n) is 53.5. The summed E-state index contributed by atoms with van der Waals surface area (Å²) in [6.07, 6.45) is 97.5. The van der Waals surface area contributed by atoms with E-state index in [4.69, 9.17) is 14.2 Å². The fourth-order valence-electron chi connectivity index (χ4n) is 9.36. The van der Waals surface area contributed by atoms with Gasteiger partial charge in [-0.2, -0.15) is 0 Å². The highest BCUT2D eigenvalue weighted by atomic mass is 16.6. The van der Waals surface area contributed by atoms with Gasteiger partial charge in [-0.15, -0.1) is 0 Å². The number of ether oxygens (including phenoxy) is 3. The number of unbranched alkanes of at least 4 members (excludes halogenated alkanes) is 28. The summed E-state index contributed by atoms with van der Waals surface area (Å²) < 4.78 is 16.9. The number of hydrogen-bond acceptors (Lipinski definition) is 6. The third-order valence-electron chi connectivity index (χ3n) is 14.4. The van der Waals surface area contributed by atoms with Gasteiger partial charge in [-0.1, -0.05) is 309 Å². The molecule has 82 heavy (non-hydrogen) atoms. The first-order valence-electron chi connectivity index (χ1n) is 34.2. The molecule has 6 heteroatoms. The van der Waals surface area contributed by atoms with Crippen LogP contribution in [0.1, 0.15) is 310 Å². The van der Waals surface area contributed by atoms with Crippen LogP contribution in [0, 0.1) is 0 Å². The Morgan fingerprint density at radius 3 is 0.744 bits per heavy atom. The highest BCUT2D eigenvalue weighted by Gasteiger charge is 2.19. The van der Waals surface area contributed by atoms with Gasteiger partial charge in [0, 0.05) is 19.3 Å². The summed E-state index contributed by atoms with van der Waals surface area (Å²) in [7, 11) is 0. The molecule has 1 unspecified atom stereocenters. The minimum absolute atomic E-state index is 0.0853. The van der Waals surface area contributed by atoms with Crippen molar-refractivity contribution >= 4 is 17.9 Å². The maximum atomic E-state index is 12.9. The van der Waals surface area contributed by atoms with Crippen molar-refractivity contribution in [3.63, 3.8) is 0 Å². The highest BCUT2D eigenvalue weighted by molar-refractivity contribution is 5.71. The van der Waals surface area contributed by atoms with Gasteiger partial charge >= 0.3 is 17.9 Å². The van der Waals surface area contributed by atoms with Crippen molar-refractivity contribution in [1.82, 2.24) is 0 Å². The topological polar surface area (TPSA) is 78.9 Å². The number of carbonyl (C=O) groups excluding carboxylic acids is 3. The molecule has 0 rings (SSSR count). The van der Waals surface area contributed by atoms with E-state index < -0.39 is 6.10 Å². The van der Waals surface area contributed by atoms with E-state index in [-0.39, 0.29) is 31.1 Å². The first kappa shape index (κ1) is 77.5. The van der Waals surface area contributed by atoms with Crippen LogP contribution in [0.15, 0.2) is 134 Å². The summed E-state index contributed by atoms with van der Waals surface area (Å²) >= 11 is 0. The zero-order chi connectivity index (χ0) is 59.2. The molecule has 0 heterocycles. The quantitative estimate of drug-likeness (QED) is 0.0261. The van der Waals surface area contributed by atoms with Crippen molar-refractivity contribution in [2.24, 2.45) is 0 Å². The lowest BCUT2D eigenvalue weighted by Crippen LogP contribution is -2.30. The van der Waals surface area contributed by atoms with E-state index in [2.05, 4.69) is 154 Å². The van der Waals surface area contributed by atoms with E-state index in [0.29, 0.717) is 19.3 Å². The number of hydrogen-bond donors (Lipinski definition) is 0. The first-order valence-corrected chi connectivity index (χ1v) is 34.2. The SMILES string of the molecule is CC/C=C\C/C=C\C/C=C\C/C=C\C/C=C\C/C=C\CCCCCCCCC(=O)OC(COC(=O)CCCCCCCCCCCCCC)COC(=O)CCCCCCCCCCCCC/C=C\C/C=C\C/C=C\C/C=C\C/C=C\CC. The molecule has 0 aliphatic rings. The van der Waals surface area contributed by atoms with E-state index in [9.17, 15) is 14.4 Å². The highest BCUT2D eigenvalue weighted by Crippen LogP contribution is 2.16. The molecule has 0 aliphatic heterocycles. The lowest BCUT2D eigenvalue weighted by molar-refractivity contribution is -0.167. The molecule has 0 fully saturated rings. The molecule has 466 valence electrons. The van der Waals surface area contributed by atoms with Crippen molar-refractivity contribution in [2.45, 2.75) is 316 Å². The van der Waals surface area contributed by atoms with Crippen molar-refractivity contribution in [3.8, 4) is 0 Å².